The monoisotopic (exact) mass is 290 g/mol. The smallest absolute Gasteiger partial charge is 0.224 e. The van der Waals surface area contributed by atoms with Crippen molar-refractivity contribution in [3.05, 3.63) is 23.2 Å². The summed E-state index contributed by atoms with van der Waals surface area (Å²) in [4.78, 5) is 11.5. The first-order valence-electron chi connectivity index (χ1n) is 5.30. The SMILES string of the molecule is CS(=O)(=O)CCCC(=O)Nc1ccc(Cl)cc1N. The number of carbonyl (C=O) groups is 1. The van der Waals surface area contributed by atoms with Gasteiger partial charge in [-0.05, 0) is 24.6 Å². The van der Waals surface area contributed by atoms with Crippen molar-refractivity contribution in [1.29, 1.82) is 0 Å². The second-order valence-corrected chi connectivity index (χ2v) is 6.71. The second kappa shape index (κ2) is 6.06. The van der Waals surface area contributed by atoms with Crippen LogP contribution in [0.2, 0.25) is 5.02 Å². The molecule has 0 spiro atoms. The van der Waals surface area contributed by atoms with Crippen LogP contribution < -0.4 is 11.1 Å². The minimum Gasteiger partial charge on any atom is -0.397 e. The number of rotatable bonds is 5. The Labute approximate surface area is 111 Å². The van der Waals surface area contributed by atoms with Crippen LogP contribution >= 0.6 is 11.6 Å². The van der Waals surface area contributed by atoms with Crippen molar-refractivity contribution < 1.29 is 13.2 Å². The molecule has 0 atom stereocenters. The molecule has 0 aromatic heterocycles. The molecule has 1 aromatic carbocycles. The minimum atomic E-state index is -3.03. The fourth-order valence-corrected chi connectivity index (χ4v) is 2.20. The highest BCUT2D eigenvalue weighted by Crippen LogP contribution is 2.22. The van der Waals surface area contributed by atoms with Gasteiger partial charge in [-0.3, -0.25) is 4.79 Å². The van der Waals surface area contributed by atoms with E-state index in [2.05, 4.69) is 5.32 Å². The van der Waals surface area contributed by atoms with Gasteiger partial charge in [0.05, 0.1) is 17.1 Å². The average Bonchev–Trinajstić information content (AvgIpc) is 2.20. The summed E-state index contributed by atoms with van der Waals surface area (Å²) < 4.78 is 21.8. The van der Waals surface area contributed by atoms with E-state index in [0.717, 1.165) is 6.26 Å². The summed E-state index contributed by atoms with van der Waals surface area (Å²) in [5, 5.41) is 3.09. The summed E-state index contributed by atoms with van der Waals surface area (Å²) in [7, 11) is -3.03. The zero-order chi connectivity index (χ0) is 13.8. The van der Waals surface area contributed by atoms with Crippen molar-refractivity contribution in [2.24, 2.45) is 0 Å². The fraction of sp³-hybridized carbons (Fsp3) is 0.364. The topological polar surface area (TPSA) is 89.3 Å². The Morgan fingerprint density at radius 3 is 2.67 bits per heavy atom. The molecule has 1 rings (SSSR count). The van der Waals surface area contributed by atoms with Crippen LogP contribution in [-0.4, -0.2) is 26.3 Å². The lowest BCUT2D eigenvalue weighted by atomic mass is 10.2. The molecule has 0 fully saturated rings. The van der Waals surface area contributed by atoms with Gasteiger partial charge in [0, 0.05) is 17.7 Å². The second-order valence-electron chi connectivity index (χ2n) is 4.01. The predicted molar refractivity (Wildman–Crippen MR) is 73.4 cm³/mol. The van der Waals surface area contributed by atoms with E-state index in [1.54, 1.807) is 12.1 Å². The number of carbonyl (C=O) groups excluding carboxylic acids is 1. The Hall–Kier alpha value is -1.27. The average molecular weight is 291 g/mol. The van der Waals surface area contributed by atoms with Gasteiger partial charge in [0.1, 0.15) is 9.84 Å². The maximum atomic E-state index is 11.5. The van der Waals surface area contributed by atoms with Crippen LogP contribution in [0, 0.1) is 0 Å². The molecule has 100 valence electrons. The molecule has 0 aliphatic carbocycles. The molecule has 7 heteroatoms. The van der Waals surface area contributed by atoms with E-state index in [4.69, 9.17) is 17.3 Å². The molecule has 0 radical (unpaired) electrons. The third-order valence-corrected chi connectivity index (χ3v) is 3.47. The number of hydrogen-bond acceptors (Lipinski definition) is 4. The van der Waals surface area contributed by atoms with Gasteiger partial charge in [0.25, 0.3) is 0 Å². The summed E-state index contributed by atoms with van der Waals surface area (Å²) in [5.74, 6) is -0.274. The van der Waals surface area contributed by atoms with E-state index in [1.807, 2.05) is 0 Å². The van der Waals surface area contributed by atoms with Crippen LogP contribution in [0.4, 0.5) is 11.4 Å². The first-order valence-corrected chi connectivity index (χ1v) is 7.74. The number of nitrogen functional groups attached to an aromatic ring is 1. The predicted octanol–water partition coefficient (Wildman–Crippen LogP) is 1.69. The van der Waals surface area contributed by atoms with E-state index < -0.39 is 9.84 Å². The molecule has 3 N–H and O–H groups in total. The molecule has 0 bridgehead atoms. The molecule has 0 saturated carbocycles. The lowest BCUT2D eigenvalue weighted by Gasteiger charge is -2.08. The van der Waals surface area contributed by atoms with Crippen molar-refractivity contribution in [3.63, 3.8) is 0 Å². The van der Waals surface area contributed by atoms with Crippen LogP contribution in [-0.2, 0) is 14.6 Å². The Kier molecular flexibility index (Phi) is 4.98. The summed E-state index contributed by atoms with van der Waals surface area (Å²) in [6, 6.07) is 4.75. The molecular formula is C11H15ClN2O3S. The normalized spacial score (nSPS) is 11.2. The van der Waals surface area contributed by atoms with Crippen molar-refractivity contribution in [3.8, 4) is 0 Å². The van der Waals surface area contributed by atoms with Crippen molar-refractivity contribution >= 4 is 38.7 Å². The largest absolute Gasteiger partial charge is 0.397 e. The summed E-state index contributed by atoms with van der Waals surface area (Å²) >= 11 is 5.73. The molecule has 1 amide bonds. The van der Waals surface area contributed by atoms with Crippen LogP contribution in [0.15, 0.2) is 18.2 Å². The number of amides is 1. The van der Waals surface area contributed by atoms with E-state index in [-0.39, 0.29) is 24.5 Å². The number of sulfone groups is 1. The van der Waals surface area contributed by atoms with Gasteiger partial charge in [-0.2, -0.15) is 0 Å². The first-order chi connectivity index (χ1) is 8.28. The quantitative estimate of drug-likeness (QED) is 0.808. The molecule has 18 heavy (non-hydrogen) atoms. The van der Waals surface area contributed by atoms with Gasteiger partial charge in [0.15, 0.2) is 0 Å². The summed E-state index contributed by atoms with van der Waals surface area (Å²) in [6.07, 6.45) is 1.56. The summed E-state index contributed by atoms with van der Waals surface area (Å²) in [5.41, 5.74) is 6.52. The highest BCUT2D eigenvalue weighted by atomic mass is 35.5. The van der Waals surface area contributed by atoms with Crippen molar-refractivity contribution in [2.75, 3.05) is 23.1 Å². The number of hydrogen-bond donors (Lipinski definition) is 2. The third-order valence-electron chi connectivity index (χ3n) is 2.21. The van der Waals surface area contributed by atoms with E-state index in [0.29, 0.717) is 16.4 Å². The molecule has 0 unspecified atom stereocenters. The lowest BCUT2D eigenvalue weighted by Crippen LogP contribution is -2.14. The Morgan fingerprint density at radius 2 is 2.11 bits per heavy atom. The number of nitrogens with two attached hydrogens (primary N) is 1. The van der Waals surface area contributed by atoms with Crippen LogP contribution in [0.5, 0.6) is 0 Å². The number of nitrogens with one attached hydrogen (secondary N) is 1. The van der Waals surface area contributed by atoms with Gasteiger partial charge >= 0.3 is 0 Å². The number of halogens is 1. The van der Waals surface area contributed by atoms with Gasteiger partial charge in [-0.25, -0.2) is 8.42 Å². The maximum absolute atomic E-state index is 11.5. The summed E-state index contributed by atoms with van der Waals surface area (Å²) in [6.45, 7) is 0. The van der Waals surface area contributed by atoms with Gasteiger partial charge < -0.3 is 11.1 Å². The molecule has 0 heterocycles. The van der Waals surface area contributed by atoms with E-state index in [9.17, 15) is 13.2 Å². The lowest BCUT2D eigenvalue weighted by molar-refractivity contribution is -0.116. The molecule has 1 aromatic rings. The van der Waals surface area contributed by atoms with Crippen LogP contribution in [0.3, 0.4) is 0 Å². The Balaban J connectivity index is 2.50. The highest BCUT2D eigenvalue weighted by Gasteiger charge is 2.08. The van der Waals surface area contributed by atoms with Crippen molar-refractivity contribution in [1.82, 2.24) is 0 Å². The molecule has 5 nitrogen and oxygen atoms in total. The zero-order valence-corrected chi connectivity index (χ0v) is 11.5. The van der Waals surface area contributed by atoms with Crippen molar-refractivity contribution in [2.45, 2.75) is 12.8 Å². The van der Waals surface area contributed by atoms with Gasteiger partial charge in [0.2, 0.25) is 5.91 Å². The van der Waals surface area contributed by atoms with E-state index in [1.165, 1.54) is 6.07 Å². The minimum absolute atomic E-state index is 0.00345. The molecule has 0 saturated heterocycles. The third kappa shape index (κ3) is 5.37. The molecule has 0 aliphatic heterocycles. The highest BCUT2D eigenvalue weighted by molar-refractivity contribution is 7.90. The van der Waals surface area contributed by atoms with Crippen LogP contribution in [0.1, 0.15) is 12.8 Å². The standard InChI is InChI=1S/C11H15ClN2O3S/c1-18(16,17)6-2-3-11(15)14-10-5-4-8(12)7-9(10)13/h4-5,7H,2-3,6,13H2,1H3,(H,14,15). The van der Waals surface area contributed by atoms with Gasteiger partial charge in [-0.1, -0.05) is 11.6 Å². The number of anilines is 2. The molecule has 0 aliphatic rings. The number of benzene rings is 1. The first kappa shape index (κ1) is 14.8. The Bertz CT molecular complexity index is 543. The maximum Gasteiger partial charge on any atom is 0.224 e. The zero-order valence-electron chi connectivity index (χ0n) is 9.94. The molecular weight excluding hydrogens is 276 g/mol. The fourth-order valence-electron chi connectivity index (χ4n) is 1.36. The van der Waals surface area contributed by atoms with E-state index >= 15 is 0 Å². The Morgan fingerprint density at radius 1 is 1.44 bits per heavy atom. The van der Waals surface area contributed by atoms with Gasteiger partial charge in [-0.15, -0.1) is 0 Å². The van der Waals surface area contributed by atoms with Crippen LogP contribution in [0.25, 0.3) is 0 Å².